The fourth-order valence-corrected chi connectivity index (χ4v) is 3.69. The van der Waals surface area contributed by atoms with E-state index >= 15 is 0 Å². The molecular weight excluding hydrogens is 300 g/mol. The minimum Gasteiger partial charge on any atom is -0.343 e. The Balaban J connectivity index is 1.42. The van der Waals surface area contributed by atoms with E-state index in [0.717, 1.165) is 57.8 Å². The molecule has 1 aromatic heterocycles. The standard InChI is InChI=1S/C19H30N4O/c1-15(2)19-20-12-17(13-21-19)14-22-9-5-16(6-10-22)11-18(24)23-7-3-4-8-23/h12-13,15-16H,3-11,14H2,1-2H3. The number of amides is 1. The van der Waals surface area contributed by atoms with Gasteiger partial charge in [-0.2, -0.15) is 0 Å². The Kier molecular flexibility index (Phi) is 5.82. The highest BCUT2D eigenvalue weighted by atomic mass is 16.2. The van der Waals surface area contributed by atoms with Crippen molar-refractivity contribution >= 4 is 5.91 Å². The molecule has 0 atom stereocenters. The van der Waals surface area contributed by atoms with E-state index < -0.39 is 0 Å². The third kappa shape index (κ3) is 4.53. The summed E-state index contributed by atoms with van der Waals surface area (Å²) < 4.78 is 0. The molecule has 0 aromatic carbocycles. The Labute approximate surface area is 145 Å². The van der Waals surface area contributed by atoms with Crippen molar-refractivity contribution in [2.75, 3.05) is 26.2 Å². The number of likely N-dealkylation sites (tertiary alicyclic amines) is 2. The number of nitrogens with zero attached hydrogens (tertiary/aromatic N) is 4. The fraction of sp³-hybridized carbons (Fsp3) is 0.737. The van der Waals surface area contributed by atoms with Gasteiger partial charge in [0.2, 0.25) is 5.91 Å². The van der Waals surface area contributed by atoms with Gasteiger partial charge in [-0.1, -0.05) is 13.8 Å². The molecule has 1 aromatic rings. The van der Waals surface area contributed by atoms with Gasteiger partial charge in [0.15, 0.2) is 0 Å². The van der Waals surface area contributed by atoms with Crippen molar-refractivity contribution in [3.8, 4) is 0 Å². The monoisotopic (exact) mass is 330 g/mol. The lowest BCUT2D eigenvalue weighted by Gasteiger charge is -2.32. The van der Waals surface area contributed by atoms with Crippen molar-refractivity contribution < 1.29 is 4.79 Å². The molecule has 0 bridgehead atoms. The molecule has 24 heavy (non-hydrogen) atoms. The van der Waals surface area contributed by atoms with E-state index in [1.807, 2.05) is 12.4 Å². The quantitative estimate of drug-likeness (QED) is 0.833. The average Bonchev–Trinajstić information content (AvgIpc) is 3.12. The molecule has 3 rings (SSSR count). The second-order valence-electron chi connectivity index (χ2n) is 7.62. The van der Waals surface area contributed by atoms with E-state index in [9.17, 15) is 4.79 Å². The molecule has 0 aliphatic carbocycles. The Morgan fingerprint density at radius 3 is 2.33 bits per heavy atom. The predicted octanol–water partition coefficient (Wildman–Crippen LogP) is 2.82. The summed E-state index contributed by atoms with van der Waals surface area (Å²) in [6.07, 6.45) is 9.30. The maximum Gasteiger partial charge on any atom is 0.222 e. The largest absolute Gasteiger partial charge is 0.343 e. The van der Waals surface area contributed by atoms with Gasteiger partial charge >= 0.3 is 0 Å². The van der Waals surface area contributed by atoms with Crippen LogP contribution in [0.5, 0.6) is 0 Å². The van der Waals surface area contributed by atoms with E-state index in [1.54, 1.807) is 0 Å². The maximum absolute atomic E-state index is 12.3. The molecule has 0 spiro atoms. The zero-order chi connectivity index (χ0) is 16.9. The van der Waals surface area contributed by atoms with Crippen molar-refractivity contribution in [2.24, 2.45) is 5.92 Å². The van der Waals surface area contributed by atoms with Gasteiger partial charge in [0.05, 0.1) is 0 Å². The summed E-state index contributed by atoms with van der Waals surface area (Å²) in [5, 5.41) is 0. The molecule has 2 fully saturated rings. The summed E-state index contributed by atoms with van der Waals surface area (Å²) in [5.74, 6) is 2.23. The van der Waals surface area contributed by atoms with Crippen molar-refractivity contribution in [3.63, 3.8) is 0 Å². The van der Waals surface area contributed by atoms with Crippen molar-refractivity contribution in [1.82, 2.24) is 19.8 Å². The second kappa shape index (κ2) is 8.06. The molecule has 5 heteroatoms. The van der Waals surface area contributed by atoms with Crippen LogP contribution >= 0.6 is 0 Å². The van der Waals surface area contributed by atoms with Crippen molar-refractivity contribution in [2.45, 2.75) is 58.4 Å². The van der Waals surface area contributed by atoms with Crippen LogP contribution in [0.4, 0.5) is 0 Å². The first-order valence-electron chi connectivity index (χ1n) is 9.43. The van der Waals surface area contributed by atoms with Crippen LogP contribution in [-0.4, -0.2) is 51.9 Å². The van der Waals surface area contributed by atoms with Crippen LogP contribution in [0.2, 0.25) is 0 Å². The van der Waals surface area contributed by atoms with Crippen LogP contribution in [0.15, 0.2) is 12.4 Å². The van der Waals surface area contributed by atoms with Crippen LogP contribution in [0.25, 0.3) is 0 Å². The van der Waals surface area contributed by atoms with Gasteiger partial charge in [-0.25, -0.2) is 9.97 Å². The molecule has 2 saturated heterocycles. The number of carbonyl (C=O) groups is 1. The summed E-state index contributed by atoms with van der Waals surface area (Å²) in [5.41, 5.74) is 1.19. The molecule has 0 radical (unpaired) electrons. The van der Waals surface area contributed by atoms with E-state index in [4.69, 9.17) is 0 Å². The second-order valence-corrected chi connectivity index (χ2v) is 7.62. The van der Waals surface area contributed by atoms with Crippen LogP contribution in [0.3, 0.4) is 0 Å². The molecule has 132 valence electrons. The summed E-state index contributed by atoms with van der Waals surface area (Å²) >= 11 is 0. The zero-order valence-corrected chi connectivity index (χ0v) is 15.1. The van der Waals surface area contributed by atoms with Gasteiger partial charge in [-0.15, -0.1) is 0 Å². The van der Waals surface area contributed by atoms with E-state index in [2.05, 4.69) is 33.6 Å². The molecule has 0 saturated carbocycles. The molecular formula is C19H30N4O. The average molecular weight is 330 g/mol. The molecule has 5 nitrogen and oxygen atoms in total. The highest BCUT2D eigenvalue weighted by molar-refractivity contribution is 5.76. The van der Waals surface area contributed by atoms with Crippen molar-refractivity contribution in [1.29, 1.82) is 0 Å². The SMILES string of the molecule is CC(C)c1ncc(CN2CCC(CC(=O)N3CCCC3)CC2)cn1. The minimum absolute atomic E-state index is 0.378. The van der Waals surface area contributed by atoms with Gasteiger partial charge in [-0.3, -0.25) is 9.69 Å². The van der Waals surface area contributed by atoms with E-state index in [-0.39, 0.29) is 0 Å². The first-order valence-corrected chi connectivity index (χ1v) is 9.43. The normalized spacial score (nSPS) is 20.0. The minimum atomic E-state index is 0.378. The van der Waals surface area contributed by atoms with Crippen LogP contribution in [-0.2, 0) is 11.3 Å². The predicted molar refractivity (Wildman–Crippen MR) is 94.6 cm³/mol. The fourth-order valence-electron chi connectivity index (χ4n) is 3.69. The molecule has 0 N–H and O–H groups in total. The number of hydrogen-bond acceptors (Lipinski definition) is 4. The molecule has 1 amide bonds. The molecule has 3 heterocycles. The van der Waals surface area contributed by atoms with Crippen LogP contribution in [0.1, 0.15) is 63.3 Å². The van der Waals surface area contributed by atoms with Crippen molar-refractivity contribution in [3.05, 3.63) is 23.8 Å². The van der Waals surface area contributed by atoms with Gasteiger partial charge in [0, 0.05) is 49.9 Å². The third-order valence-corrected chi connectivity index (χ3v) is 5.28. The molecule has 0 unspecified atom stereocenters. The lowest BCUT2D eigenvalue weighted by molar-refractivity contribution is -0.131. The molecule has 2 aliphatic heterocycles. The topological polar surface area (TPSA) is 49.3 Å². The summed E-state index contributed by atoms with van der Waals surface area (Å²) in [4.78, 5) is 25.7. The molecule has 2 aliphatic rings. The number of rotatable bonds is 5. The Bertz CT molecular complexity index is 529. The first-order chi connectivity index (χ1) is 11.6. The highest BCUT2D eigenvalue weighted by Gasteiger charge is 2.25. The van der Waals surface area contributed by atoms with Gasteiger partial charge in [0.25, 0.3) is 0 Å². The van der Waals surface area contributed by atoms with Gasteiger partial charge in [-0.05, 0) is 44.7 Å². The summed E-state index contributed by atoms with van der Waals surface area (Å²) in [7, 11) is 0. The van der Waals surface area contributed by atoms with Crippen LogP contribution < -0.4 is 0 Å². The van der Waals surface area contributed by atoms with Gasteiger partial charge in [0.1, 0.15) is 5.82 Å². The number of hydrogen-bond donors (Lipinski definition) is 0. The van der Waals surface area contributed by atoms with Gasteiger partial charge < -0.3 is 4.90 Å². The first kappa shape index (κ1) is 17.3. The highest BCUT2D eigenvalue weighted by Crippen LogP contribution is 2.23. The lowest BCUT2D eigenvalue weighted by Crippen LogP contribution is -2.36. The number of carbonyl (C=O) groups excluding carboxylic acids is 1. The summed E-state index contributed by atoms with van der Waals surface area (Å²) in [6, 6.07) is 0. The number of aromatic nitrogens is 2. The number of piperidine rings is 1. The van der Waals surface area contributed by atoms with E-state index in [0.29, 0.717) is 17.7 Å². The van der Waals surface area contributed by atoms with Crippen LogP contribution in [0, 0.1) is 5.92 Å². The lowest BCUT2D eigenvalue weighted by atomic mass is 9.93. The Morgan fingerprint density at radius 2 is 1.75 bits per heavy atom. The maximum atomic E-state index is 12.3. The zero-order valence-electron chi connectivity index (χ0n) is 15.1. The Hall–Kier alpha value is -1.49. The Morgan fingerprint density at radius 1 is 1.12 bits per heavy atom. The third-order valence-electron chi connectivity index (χ3n) is 5.28. The van der Waals surface area contributed by atoms with E-state index in [1.165, 1.54) is 18.4 Å². The summed E-state index contributed by atoms with van der Waals surface area (Å²) in [6.45, 7) is 9.25. The smallest absolute Gasteiger partial charge is 0.222 e.